The summed E-state index contributed by atoms with van der Waals surface area (Å²) in [6, 6.07) is 22.4. The van der Waals surface area contributed by atoms with Gasteiger partial charge in [-0.1, -0.05) is 61.4 Å². The molecule has 0 fully saturated rings. The average Bonchev–Trinajstić information content (AvgIpc) is 2.88. The van der Waals surface area contributed by atoms with E-state index in [-0.39, 0.29) is 17.2 Å². The van der Waals surface area contributed by atoms with Gasteiger partial charge in [0.05, 0.1) is 4.90 Å². The Balaban J connectivity index is 1.54. The number of anilines is 1. The van der Waals surface area contributed by atoms with Gasteiger partial charge in [-0.25, -0.2) is 13.9 Å². The van der Waals surface area contributed by atoms with Crippen LogP contribution in [0, 0.1) is 0 Å². The van der Waals surface area contributed by atoms with Crippen LogP contribution in [0.1, 0.15) is 42.5 Å². The van der Waals surface area contributed by atoms with Crippen molar-refractivity contribution in [3.05, 3.63) is 84.4 Å². The highest BCUT2D eigenvalue weighted by Crippen LogP contribution is 2.28. The molecule has 0 aromatic heterocycles. The van der Waals surface area contributed by atoms with Gasteiger partial charge in [0, 0.05) is 29.8 Å². The summed E-state index contributed by atoms with van der Waals surface area (Å²) in [5.74, 6) is -0.641. The lowest BCUT2D eigenvalue weighted by Gasteiger charge is -2.13. The molecule has 0 aliphatic heterocycles. The van der Waals surface area contributed by atoms with E-state index in [2.05, 4.69) is 10.0 Å². The van der Waals surface area contributed by atoms with E-state index in [1.54, 1.807) is 54.0 Å². The molecule has 2 amide bonds. The third-order valence-electron chi connectivity index (χ3n) is 5.40. The van der Waals surface area contributed by atoms with Gasteiger partial charge in [-0.3, -0.25) is 19.5 Å². The Hall–Kier alpha value is -3.69. The van der Waals surface area contributed by atoms with Gasteiger partial charge in [-0.15, -0.1) is 0 Å². The number of rotatable bonds is 12. The topological polar surface area (TPSA) is 125 Å². The van der Waals surface area contributed by atoms with Crippen LogP contribution >= 0.6 is 0 Å². The van der Waals surface area contributed by atoms with E-state index < -0.39 is 15.9 Å². The molecule has 0 saturated heterocycles. The molecule has 3 aromatic carbocycles. The molecule has 0 aliphatic carbocycles. The van der Waals surface area contributed by atoms with Crippen molar-refractivity contribution in [2.24, 2.45) is 0 Å². The fourth-order valence-electron chi connectivity index (χ4n) is 3.58. The Labute approximate surface area is 205 Å². The van der Waals surface area contributed by atoms with Crippen LogP contribution in [-0.4, -0.2) is 32.0 Å². The van der Waals surface area contributed by atoms with Gasteiger partial charge in [-0.05, 0) is 48.7 Å². The minimum Gasteiger partial charge on any atom is -0.352 e. The summed E-state index contributed by atoms with van der Waals surface area (Å²) in [7, 11) is -3.85. The van der Waals surface area contributed by atoms with Gasteiger partial charge < -0.3 is 5.32 Å². The van der Waals surface area contributed by atoms with Crippen molar-refractivity contribution >= 4 is 27.5 Å². The van der Waals surface area contributed by atoms with Gasteiger partial charge in [0.1, 0.15) is 0 Å². The SMILES string of the molecule is O=C(CCCCCCNC(=O)c1ccc(NS(=O)(=O)c2ccccc2-c2ccccc2)cc1)NO. The van der Waals surface area contributed by atoms with E-state index in [1.165, 1.54) is 0 Å². The van der Waals surface area contributed by atoms with E-state index in [0.717, 1.165) is 24.8 Å². The van der Waals surface area contributed by atoms with Crippen molar-refractivity contribution in [1.82, 2.24) is 10.8 Å². The van der Waals surface area contributed by atoms with Crippen molar-refractivity contribution < 1.29 is 23.2 Å². The number of benzene rings is 3. The molecule has 0 unspecified atom stereocenters. The maximum absolute atomic E-state index is 13.1. The summed E-state index contributed by atoms with van der Waals surface area (Å²) in [5.41, 5.74) is 3.79. The predicted octanol–water partition coefficient (Wildman–Crippen LogP) is 4.34. The maximum atomic E-state index is 13.1. The number of nitrogens with one attached hydrogen (secondary N) is 3. The lowest BCUT2D eigenvalue weighted by Crippen LogP contribution is -2.24. The second-order valence-corrected chi connectivity index (χ2v) is 9.65. The first-order chi connectivity index (χ1) is 16.9. The first-order valence-corrected chi connectivity index (χ1v) is 12.9. The summed E-state index contributed by atoms with van der Waals surface area (Å²) in [5, 5.41) is 11.3. The molecular formula is C26H29N3O5S. The van der Waals surface area contributed by atoms with Crippen LogP contribution < -0.4 is 15.5 Å². The molecule has 3 aromatic rings. The minimum atomic E-state index is -3.85. The van der Waals surface area contributed by atoms with Crippen molar-refractivity contribution in [3.8, 4) is 11.1 Å². The normalized spacial score (nSPS) is 11.0. The second-order valence-electron chi connectivity index (χ2n) is 8.00. The third kappa shape index (κ3) is 7.66. The fourth-order valence-corrected chi connectivity index (χ4v) is 4.87. The van der Waals surface area contributed by atoms with Crippen LogP contribution in [-0.2, 0) is 14.8 Å². The van der Waals surface area contributed by atoms with Crippen LogP contribution in [0.3, 0.4) is 0 Å². The molecule has 0 atom stereocenters. The molecule has 0 saturated carbocycles. The van der Waals surface area contributed by atoms with E-state index in [9.17, 15) is 18.0 Å². The summed E-state index contributed by atoms with van der Waals surface area (Å²) in [6.07, 6.45) is 3.39. The van der Waals surface area contributed by atoms with Crippen LogP contribution in [0.2, 0.25) is 0 Å². The smallest absolute Gasteiger partial charge is 0.262 e. The molecule has 35 heavy (non-hydrogen) atoms. The molecule has 9 heteroatoms. The Morgan fingerprint density at radius 2 is 1.43 bits per heavy atom. The van der Waals surface area contributed by atoms with Gasteiger partial charge in [0.25, 0.3) is 15.9 Å². The first-order valence-electron chi connectivity index (χ1n) is 11.4. The van der Waals surface area contributed by atoms with E-state index in [1.807, 2.05) is 30.3 Å². The Morgan fingerprint density at radius 3 is 2.14 bits per heavy atom. The lowest BCUT2D eigenvalue weighted by molar-refractivity contribution is -0.129. The number of carbonyl (C=O) groups is 2. The number of amides is 2. The summed E-state index contributed by atoms with van der Waals surface area (Å²) in [4.78, 5) is 23.5. The van der Waals surface area contributed by atoms with Crippen LogP contribution in [0.4, 0.5) is 5.69 Å². The number of unbranched alkanes of at least 4 members (excludes halogenated alkanes) is 3. The number of sulfonamides is 1. The zero-order chi connectivity index (χ0) is 25.1. The van der Waals surface area contributed by atoms with Crippen molar-refractivity contribution in [2.45, 2.75) is 37.0 Å². The molecule has 4 N–H and O–H groups in total. The zero-order valence-corrected chi connectivity index (χ0v) is 20.1. The molecule has 184 valence electrons. The van der Waals surface area contributed by atoms with Gasteiger partial charge in [-0.2, -0.15) is 0 Å². The molecule has 0 heterocycles. The highest BCUT2D eigenvalue weighted by Gasteiger charge is 2.19. The van der Waals surface area contributed by atoms with E-state index in [4.69, 9.17) is 5.21 Å². The zero-order valence-electron chi connectivity index (χ0n) is 19.2. The standard InChI is InChI=1S/C26H29N3O5S/c30-25(28-32)14-6-1-2-9-19-27-26(31)21-15-17-22(18-16-21)29-35(33,34)24-13-8-7-12-23(24)20-10-4-3-5-11-20/h3-5,7-8,10-13,15-18,29,32H,1-2,6,9,14,19H2,(H,27,31)(H,28,30). The van der Waals surface area contributed by atoms with Crippen molar-refractivity contribution in [3.63, 3.8) is 0 Å². The molecule has 0 spiro atoms. The number of hydrogen-bond donors (Lipinski definition) is 4. The van der Waals surface area contributed by atoms with Gasteiger partial charge in [0.2, 0.25) is 5.91 Å². The maximum Gasteiger partial charge on any atom is 0.262 e. The average molecular weight is 496 g/mol. The van der Waals surface area contributed by atoms with Crippen LogP contribution in [0.15, 0.2) is 83.8 Å². The third-order valence-corrected chi connectivity index (χ3v) is 6.84. The molecule has 8 nitrogen and oxygen atoms in total. The van der Waals surface area contributed by atoms with Gasteiger partial charge >= 0.3 is 0 Å². The van der Waals surface area contributed by atoms with Crippen molar-refractivity contribution in [2.75, 3.05) is 11.3 Å². The highest BCUT2D eigenvalue weighted by atomic mass is 32.2. The molecule has 0 radical (unpaired) electrons. The first kappa shape index (κ1) is 25.9. The van der Waals surface area contributed by atoms with E-state index in [0.29, 0.717) is 29.8 Å². The van der Waals surface area contributed by atoms with E-state index >= 15 is 0 Å². The lowest BCUT2D eigenvalue weighted by atomic mass is 10.1. The Kier molecular flexibility index (Phi) is 9.39. The molecule has 0 aliphatic rings. The second kappa shape index (κ2) is 12.7. The summed E-state index contributed by atoms with van der Waals surface area (Å²) >= 11 is 0. The fraction of sp³-hybridized carbons (Fsp3) is 0.231. The Morgan fingerprint density at radius 1 is 0.771 bits per heavy atom. The molecule has 0 bridgehead atoms. The van der Waals surface area contributed by atoms with Crippen LogP contribution in [0.25, 0.3) is 11.1 Å². The Bertz CT molecular complexity index is 1230. The molecule has 3 rings (SSSR count). The monoisotopic (exact) mass is 495 g/mol. The number of hydroxylamine groups is 1. The quantitative estimate of drug-likeness (QED) is 0.169. The predicted molar refractivity (Wildman–Crippen MR) is 134 cm³/mol. The largest absolute Gasteiger partial charge is 0.352 e. The minimum absolute atomic E-state index is 0.171. The number of carbonyl (C=O) groups excluding carboxylic acids is 2. The highest BCUT2D eigenvalue weighted by molar-refractivity contribution is 7.92. The summed E-state index contributed by atoms with van der Waals surface area (Å²) < 4.78 is 28.8. The van der Waals surface area contributed by atoms with Crippen LogP contribution in [0.5, 0.6) is 0 Å². The van der Waals surface area contributed by atoms with Gasteiger partial charge in [0.15, 0.2) is 0 Å². The summed E-state index contributed by atoms with van der Waals surface area (Å²) in [6.45, 7) is 0.496. The number of hydrogen-bond acceptors (Lipinski definition) is 5. The van der Waals surface area contributed by atoms with Crippen molar-refractivity contribution in [1.29, 1.82) is 0 Å². The molecular weight excluding hydrogens is 466 g/mol.